The first-order chi connectivity index (χ1) is 8.75. The molecule has 0 bridgehead atoms. The molecule has 18 heavy (non-hydrogen) atoms. The van der Waals surface area contributed by atoms with Gasteiger partial charge in [-0.25, -0.2) is 0 Å². The van der Waals surface area contributed by atoms with Crippen molar-refractivity contribution < 1.29 is 14.2 Å². The Hall–Kier alpha value is -0.440. The molecule has 5 nitrogen and oxygen atoms in total. The van der Waals surface area contributed by atoms with E-state index in [4.69, 9.17) is 14.2 Å². The number of hydrogen-bond donors (Lipinski definition) is 0. The lowest BCUT2D eigenvalue weighted by Gasteiger charge is -2.07. The minimum Gasteiger partial charge on any atom is -0.382 e. The summed E-state index contributed by atoms with van der Waals surface area (Å²) >= 11 is 2.03. The van der Waals surface area contributed by atoms with E-state index in [-0.39, 0.29) is 5.56 Å². The smallest absolute Gasteiger partial charge is 0.264 e. The molecule has 0 aliphatic heterocycles. The van der Waals surface area contributed by atoms with Crippen molar-refractivity contribution in [1.29, 1.82) is 0 Å². The van der Waals surface area contributed by atoms with E-state index < -0.39 is 0 Å². The normalized spacial score (nSPS) is 10.8. The quantitative estimate of drug-likeness (QED) is 0.485. The number of pyridine rings is 1. The van der Waals surface area contributed by atoms with E-state index in [2.05, 4.69) is 0 Å². The molecule has 0 aromatic carbocycles. The summed E-state index contributed by atoms with van der Waals surface area (Å²) in [6, 6.07) is 3.65. The molecule has 102 valence electrons. The Morgan fingerprint density at radius 2 is 1.83 bits per heavy atom. The molecule has 6 heteroatoms. The molecule has 0 fully saturated rings. The number of halogens is 1. The summed E-state index contributed by atoms with van der Waals surface area (Å²) in [5, 5.41) is 0. The maximum Gasteiger partial charge on any atom is 0.264 e. The van der Waals surface area contributed by atoms with Gasteiger partial charge in [0.2, 0.25) is 0 Å². The summed E-state index contributed by atoms with van der Waals surface area (Å²) in [6.07, 6.45) is 1.77. The van der Waals surface area contributed by atoms with Crippen LogP contribution in [0.25, 0.3) is 0 Å². The van der Waals surface area contributed by atoms with Crippen molar-refractivity contribution >= 4 is 22.6 Å². The molecule has 1 aromatic rings. The Labute approximate surface area is 120 Å². The zero-order valence-electron chi connectivity index (χ0n) is 10.4. The molecule has 0 N–H and O–H groups in total. The molecule has 1 rings (SSSR count). The number of methoxy groups -OCH3 is 1. The minimum atomic E-state index is 0.0260. The third-order valence-electron chi connectivity index (χ3n) is 2.25. The second-order valence-electron chi connectivity index (χ2n) is 3.57. The van der Waals surface area contributed by atoms with Crippen LogP contribution in [0.2, 0.25) is 0 Å². The van der Waals surface area contributed by atoms with Crippen molar-refractivity contribution in [3.05, 3.63) is 32.3 Å². The van der Waals surface area contributed by atoms with Crippen LogP contribution in [0.3, 0.4) is 0 Å². The predicted octanol–water partition coefficient (Wildman–Crippen LogP) is 1.13. The number of hydrogen-bond acceptors (Lipinski definition) is 4. The Bertz CT molecular complexity index is 394. The fourth-order valence-corrected chi connectivity index (χ4v) is 1.83. The second-order valence-corrected chi connectivity index (χ2v) is 4.73. The monoisotopic (exact) mass is 367 g/mol. The Balaban J connectivity index is 2.11. The van der Waals surface area contributed by atoms with Gasteiger partial charge in [-0.2, -0.15) is 0 Å². The molecular weight excluding hydrogens is 349 g/mol. The summed E-state index contributed by atoms with van der Waals surface area (Å²) in [5.41, 5.74) is 0.0260. The Morgan fingerprint density at radius 1 is 1.17 bits per heavy atom. The van der Waals surface area contributed by atoms with Crippen LogP contribution < -0.4 is 5.56 Å². The van der Waals surface area contributed by atoms with E-state index in [1.165, 1.54) is 0 Å². The van der Waals surface area contributed by atoms with Gasteiger partial charge in [0.05, 0.1) is 36.6 Å². The third kappa shape index (κ3) is 5.94. The number of ether oxygens (including phenoxy) is 3. The fourth-order valence-electron chi connectivity index (χ4n) is 1.31. The summed E-state index contributed by atoms with van der Waals surface area (Å²) in [6.45, 7) is 3.32. The standard InChI is InChI=1S/C12H18INO4/c1-16-7-8-18-10-9-17-6-5-14-4-2-3-11(13)12(14)15/h2-4H,5-10H2,1H3. The third-order valence-corrected chi connectivity index (χ3v) is 3.08. The fraction of sp³-hybridized carbons (Fsp3) is 0.583. The summed E-state index contributed by atoms with van der Waals surface area (Å²) in [4.78, 5) is 11.7. The van der Waals surface area contributed by atoms with E-state index in [0.717, 1.165) is 3.57 Å². The molecule has 1 aromatic heterocycles. The van der Waals surface area contributed by atoms with Gasteiger partial charge in [-0.1, -0.05) is 0 Å². The second kappa shape index (κ2) is 9.48. The van der Waals surface area contributed by atoms with Gasteiger partial charge in [-0.3, -0.25) is 4.79 Å². The van der Waals surface area contributed by atoms with Crippen LogP contribution in [0.1, 0.15) is 0 Å². The van der Waals surface area contributed by atoms with Gasteiger partial charge in [-0.15, -0.1) is 0 Å². The molecule has 0 unspecified atom stereocenters. The SMILES string of the molecule is COCCOCCOCCn1cccc(I)c1=O. The largest absolute Gasteiger partial charge is 0.382 e. The highest BCUT2D eigenvalue weighted by molar-refractivity contribution is 14.1. The van der Waals surface area contributed by atoms with Crippen LogP contribution in [0, 0.1) is 3.57 Å². The van der Waals surface area contributed by atoms with Crippen molar-refractivity contribution in [2.45, 2.75) is 6.54 Å². The van der Waals surface area contributed by atoms with Gasteiger partial charge < -0.3 is 18.8 Å². The van der Waals surface area contributed by atoms with Gasteiger partial charge in [0.15, 0.2) is 0 Å². The molecular formula is C12H18INO4. The number of rotatable bonds is 9. The van der Waals surface area contributed by atoms with E-state index in [0.29, 0.717) is 39.6 Å². The van der Waals surface area contributed by atoms with E-state index in [1.807, 2.05) is 28.7 Å². The topological polar surface area (TPSA) is 49.7 Å². The summed E-state index contributed by atoms with van der Waals surface area (Å²) < 4.78 is 17.8. The first-order valence-corrected chi connectivity index (χ1v) is 6.83. The molecule has 0 aliphatic carbocycles. The Morgan fingerprint density at radius 3 is 2.56 bits per heavy atom. The van der Waals surface area contributed by atoms with Gasteiger partial charge >= 0.3 is 0 Å². The molecule has 0 radical (unpaired) electrons. The highest BCUT2D eigenvalue weighted by Gasteiger charge is 1.99. The highest BCUT2D eigenvalue weighted by atomic mass is 127. The van der Waals surface area contributed by atoms with E-state index in [1.54, 1.807) is 23.9 Å². The van der Waals surface area contributed by atoms with Gasteiger partial charge in [0, 0.05) is 19.9 Å². The van der Waals surface area contributed by atoms with Crippen LogP contribution in [0.4, 0.5) is 0 Å². The summed E-state index contributed by atoms with van der Waals surface area (Å²) in [7, 11) is 1.64. The predicted molar refractivity (Wildman–Crippen MR) is 76.9 cm³/mol. The lowest BCUT2D eigenvalue weighted by molar-refractivity contribution is 0.0229. The van der Waals surface area contributed by atoms with Gasteiger partial charge in [0.1, 0.15) is 0 Å². The van der Waals surface area contributed by atoms with Crippen molar-refractivity contribution in [1.82, 2.24) is 4.57 Å². The van der Waals surface area contributed by atoms with Crippen molar-refractivity contribution in [2.75, 3.05) is 40.1 Å². The lowest BCUT2D eigenvalue weighted by atomic mass is 10.4. The highest BCUT2D eigenvalue weighted by Crippen LogP contribution is 1.95. The van der Waals surface area contributed by atoms with Crippen LogP contribution in [-0.2, 0) is 20.8 Å². The van der Waals surface area contributed by atoms with Gasteiger partial charge in [0.25, 0.3) is 5.56 Å². The van der Waals surface area contributed by atoms with Gasteiger partial charge in [-0.05, 0) is 34.7 Å². The molecule has 0 amide bonds. The first kappa shape index (κ1) is 15.6. The molecule has 0 spiro atoms. The van der Waals surface area contributed by atoms with Crippen molar-refractivity contribution in [3.8, 4) is 0 Å². The molecule has 0 atom stereocenters. The average Bonchev–Trinajstić information content (AvgIpc) is 2.37. The van der Waals surface area contributed by atoms with E-state index in [9.17, 15) is 4.79 Å². The number of aromatic nitrogens is 1. The van der Waals surface area contributed by atoms with Crippen LogP contribution in [0.5, 0.6) is 0 Å². The zero-order chi connectivity index (χ0) is 13.2. The molecule has 1 heterocycles. The van der Waals surface area contributed by atoms with E-state index >= 15 is 0 Å². The van der Waals surface area contributed by atoms with Crippen molar-refractivity contribution in [3.63, 3.8) is 0 Å². The first-order valence-electron chi connectivity index (χ1n) is 5.75. The Kier molecular flexibility index (Phi) is 8.23. The molecule has 0 saturated carbocycles. The summed E-state index contributed by atoms with van der Waals surface area (Å²) in [5.74, 6) is 0. The average molecular weight is 367 g/mol. The van der Waals surface area contributed by atoms with Crippen LogP contribution >= 0.6 is 22.6 Å². The zero-order valence-corrected chi connectivity index (χ0v) is 12.6. The molecule has 0 aliphatic rings. The lowest BCUT2D eigenvalue weighted by Crippen LogP contribution is -2.23. The van der Waals surface area contributed by atoms with Crippen LogP contribution in [0.15, 0.2) is 23.1 Å². The minimum absolute atomic E-state index is 0.0260. The maximum atomic E-state index is 11.7. The maximum absolute atomic E-state index is 11.7. The molecule has 0 saturated heterocycles. The van der Waals surface area contributed by atoms with Crippen molar-refractivity contribution in [2.24, 2.45) is 0 Å². The van der Waals surface area contributed by atoms with Crippen LogP contribution in [-0.4, -0.2) is 44.7 Å². The number of nitrogens with zero attached hydrogens (tertiary/aromatic N) is 1.